The van der Waals surface area contributed by atoms with Gasteiger partial charge in [-0.2, -0.15) is 0 Å². The number of rotatable bonds is 2. The first-order chi connectivity index (χ1) is 9.67. The van der Waals surface area contributed by atoms with Crippen LogP contribution in [0.1, 0.15) is 22.8 Å². The molecule has 1 heterocycles. The molecule has 3 nitrogen and oxygen atoms in total. The number of nitrogens with one attached hydrogen (secondary N) is 1. The van der Waals surface area contributed by atoms with E-state index in [-0.39, 0.29) is 6.10 Å². The quantitative estimate of drug-likeness (QED) is 0.898. The lowest BCUT2D eigenvalue weighted by molar-refractivity contribution is 0.208. The molecular formula is C17H19NO2. The smallest absolute Gasteiger partial charge is 0.146 e. The van der Waals surface area contributed by atoms with Gasteiger partial charge in [0.15, 0.2) is 0 Å². The highest BCUT2D eigenvalue weighted by molar-refractivity contribution is 5.63. The molecule has 0 bridgehead atoms. The van der Waals surface area contributed by atoms with Gasteiger partial charge in [-0.3, -0.25) is 0 Å². The maximum Gasteiger partial charge on any atom is 0.146 e. The maximum atomic E-state index is 6.19. The SMILES string of the molecule is COc1cccc(C2CNc3cc(C)cc(C)c3O2)c1. The number of ether oxygens (including phenoxy) is 2. The molecule has 20 heavy (non-hydrogen) atoms. The Morgan fingerprint density at radius 2 is 2.05 bits per heavy atom. The van der Waals surface area contributed by atoms with Crippen molar-refractivity contribution in [1.82, 2.24) is 0 Å². The van der Waals surface area contributed by atoms with Gasteiger partial charge in [0.2, 0.25) is 0 Å². The van der Waals surface area contributed by atoms with Crippen LogP contribution < -0.4 is 14.8 Å². The number of aryl methyl sites for hydroxylation is 2. The summed E-state index contributed by atoms with van der Waals surface area (Å²) in [6, 6.07) is 12.3. The first kappa shape index (κ1) is 12.9. The summed E-state index contributed by atoms with van der Waals surface area (Å²) in [5, 5.41) is 3.46. The molecule has 3 rings (SSSR count). The molecule has 1 atom stereocenters. The largest absolute Gasteiger partial charge is 0.497 e. The third kappa shape index (κ3) is 2.31. The fraction of sp³-hybridized carbons (Fsp3) is 0.294. The predicted octanol–water partition coefficient (Wildman–Crippen LogP) is 3.86. The van der Waals surface area contributed by atoms with E-state index in [1.165, 1.54) is 11.1 Å². The molecule has 0 radical (unpaired) electrons. The highest BCUT2D eigenvalue weighted by Crippen LogP contribution is 2.38. The highest BCUT2D eigenvalue weighted by Gasteiger charge is 2.22. The number of hydrogen-bond donors (Lipinski definition) is 1. The standard InChI is InChI=1S/C17H19NO2/c1-11-7-12(2)17-15(8-11)18-10-16(20-17)13-5-4-6-14(9-13)19-3/h4-9,16,18H,10H2,1-3H3. The average Bonchev–Trinajstić information content (AvgIpc) is 2.47. The summed E-state index contributed by atoms with van der Waals surface area (Å²) in [5.41, 5.74) is 4.63. The topological polar surface area (TPSA) is 30.5 Å². The summed E-state index contributed by atoms with van der Waals surface area (Å²) in [5.74, 6) is 1.81. The second-order valence-corrected chi connectivity index (χ2v) is 5.22. The number of hydrogen-bond acceptors (Lipinski definition) is 3. The molecule has 1 aliphatic rings. The Kier molecular flexibility index (Phi) is 3.26. The summed E-state index contributed by atoms with van der Waals surface area (Å²) in [6.07, 6.45) is 0.0130. The van der Waals surface area contributed by atoms with E-state index in [2.05, 4.69) is 37.4 Å². The monoisotopic (exact) mass is 269 g/mol. The lowest BCUT2D eigenvalue weighted by Gasteiger charge is -2.29. The molecular weight excluding hydrogens is 250 g/mol. The predicted molar refractivity (Wildman–Crippen MR) is 80.8 cm³/mol. The summed E-state index contributed by atoms with van der Waals surface area (Å²) in [6.45, 7) is 4.95. The Hall–Kier alpha value is -2.16. The highest BCUT2D eigenvalue weighted by atomic mass is 16.5. The summed E-state index contributed by atoms with van der Waals surface area (Å²) < 4.78 is 11.5. The van der Waals surface area contributed by atoms with Crippen LogP contribution in [0, 0.1) is 13.8 Å². The minimum atomic E-state index is 0.0130. The Balaban J connectivity index is 1.91. The zero-order valence-electron chi connectivity index (χ0n) is 12.1. The second kappa shape index (κ2) is 5.08. The number of benzene rings is 2. The molecule has 0 saturated carbocycles. The molecule has 104 valence electrons. The van der Waals surface area contributed by atoms with E-state index >= 15 is 0 Å². The summed E-state index contributed by atoms with van der Waals surface area (Å²) in [4.78, 5) is 0. The number of anilines is 1. The fourth-order valence-electron chi connectivity index (χ4n) is 2.66. The van der Waals surface area contributed by atoms with E-state index in [1.807, 2.05) is 18.2 Å². The van der Waals surface area contributed by atoms with Gasteiger partial charge in [-0.15, -0.1) is 0 Å². The van der Waals surface area contributed by atoms with Crippen molar-refractivity contribution in [2.24, 2.45) is 0 Å². The molecule has 0 spiro atoms. The molecule has 0 aromatic heterocycles. The Morgan fingerprint density at radius 1 is 1.20 bits per heavy atom. The zero-order valence-corrected chi connectivity index (χ0v) is 12.1. The number of methoxy groups -OCH3 is 1. The molecule has 1 aliphatic heterocycles. The van der Waals surface area contributed by atoms with E-state index in [0.717, 1.165) is 29.3 Å². The molecule has 2 aromatic carbocycles. The van der Waals surface area contributed by atoms with Crippen LogP contribution in [-0.4, -0.2) is 13.7 Å². The lowest BCUT2D eigenvalue weighted by Crippen LogP contribution is -2.24. The fourth-order valence-corrected chi connectivity index (χ4v) is 2.66. The molecule has 1 unspecified atom stereocenters. The van der Waals surface area contributed by atoms with Gasteiger partial charge >= 0.3 is 0 Å². The Labute approximate surface area is 119 Å². The van der Waals surface area contributed by atoms with E-state index in [9.17, 15) is 0 Å². The van der Waals surface area contributed by atoms with Crippen molar-refractivity contribution in [1.29, 1.82) is 0 Å². The van der Waals surface area contributed by atoms with Crippen molar-refractivity contribution in [2.45, 2.75) is 20.0 Å². The molecule has 0 aliphatic carbocycles. The summed E-state index contributed by atoms with van der Waals surface area (Å²) in [7, 11) is 1.68. The van der Waals surface area contributed by atoms with Crippen LogP contribution in [0.4, 0.5) is 5.69 Å². The van der Waals surface area contributed by atoms with E-state index < -0.39 is 0 Å². The molecule has 0 fully saturated rings. The van der Waals surface area contributed by atoms with Gasteiger partial charge in [0.25, 0.3) is 0 Å². The minimum absolute atomic E-state index is 0.0130. The van der Waals surface area contributed by atoms with Crippen molar-refractivity contribution in [2.75, 3.05) is 19.0 Å². The Bertz CT molecular complexity index is 637. The first-order valence-corrected chi connectivity index (χ1v) is 6.83. The van der Waals surface area contributed by atoms with Crippen molar-refractivity contribution < 1.29 is 9.47 Å². The zero-order chi connectivity index (χ0) is 14.1. The molecule has 3 heteroatoms. The molecule has 1 N–H and O–H groups in total. The third-order valence-corrected chi connectivity index (χ3v) is 3.62. The normalized spacial score (nSPS) is 16.9. The van der Waals surface area contributed by atoms with Crippen LogP contribution in [0.15, 0.2) is 36.4 Å². The Morgan fingerprint density at radius 3 is 2.85 bits per heavy atom. The van der Waals surface area contributed by atoms with E-state index in [1.54, 1.807) is 7.11 Å². The van der Waals surface area contributed by atoms with Gasteiger partial charge < -0.3 is 14.8 Å². The van der Waals surface area contributed by atoms with Gasteiger partial charge in [-0.05, 0) is 48.7 Å². The molecule has 0 amide bonds. The average molecular weight is 269 g/mol. The van der Waals surface area contributed by atoms with Gasteiger partial charge in [-0.25, -0.2) is 0 Å². The van der Waals surface area contributed by atoms with E-state index in [4.69, 9.17) is 9.47 Å². The van der Waals surface area contributed by atoms with Gasteiger partial charge in [0, 0.05) is 0 Å². The van der Waals surface area contributed by atoms with Crippen molar-refractivity contribution in [3.63, 3.8) is 0 Å². The second-order valence-electron chi connectivity index (χ2n) is 5.22. The van der Waals surface area contributed by atoms with Crippen LogP contribution in [-0.2, 0) is 0 Å². The third-order valence-electron chi connectivity index (χ3n) is 3.62. The molecule has 2 aromatic rings. The maximum absolute atomic E-state index is 6.19. The van der Waals surface area contributed by atoms with Gasteiger partial charge in [0.1, 0.15) is 17.6 Å². The summed E-state index contributed by atoms with van der Waals surface area (Å²) >= 11 is 0. The van der Waals surface area contributed by atoms with Crippen molar-refractivity contribution in [3.05, 3.63) is 53.1 Å². The van der Waals surface area contributed by atoms with Gasteiger partial charge in [-0.1, -0.05) is 18.2 Å². The van der Waals surface area contributed by atoms with Crippen LogP contribution in [0.25, 0.3) is 0 Å². The van der Waals surface area contributed by atoms with Gasteiger partial charge in [0.05, 0.1) is 19.3 Å². The van der Waals surface area contributed by atoms with Crippen molar-refractivity contribution >= 4 is 5.69 Å². The van der Waals surface area contributed by atoms with Crippen LogP contribution >= 0.6 is 0 Å². The van der Waals surface area contributed by atoms with Crippen LogP contribution in [0.5, 0.6) is 11.5 Å². The van der Waals surface area contributed by atoms with Crippen molar-refractivity contribution in [3.8, 4) is 11.5 Å². The minimum Gasteiger partial charge on any atom is -0.497 e. The molecule has 0 saturated heterocycles. The van der Waals surface area contributed by atoms with Crippen LogP contribution in [0.3, 0.4) is 0 Å². The first-order valence-electron chi connectivity index (χ1n) is 6.83. The van der Waals surface area contributed by atoms with E-state index in [0.29, 0.717) is 0 Å². The lowest BCUT2D eigenvalue weighted by atomic mass is 10.0. The van der Waals surface area contributed by atoms with Crippen LogP contribution in [0.2, 0.25) is 0 Å². The number of fused-ring (bicyclic) bond motifs is 1.